The first kappa shape index (κ1) is 50.5. The van der Waals surface area contributed by atoms with Crippen molar-refractivity contribution >= 4 is 17.0 Å². The number of carbonyl (C=O) groups is 1. The van der Waals surface area contributed by atoms with Crippen molar-refractivity contribution in [2.45, 2.75) is 128 Å². The van der Waals surface area contributed by atoms with Crippen LogP contribution in [0.15, 0.2) is 146 Å². The highest BCUT2D eigenvalue weighted by Gasteiger charge is 2.38. The lowest BCUT2D eigenvalue weighted by atomic mass is 9.81. The second kappa shape index (κ2) is 28.8. The van der Waals surface area contributed by atoms with E-state index >= 15 is 0 Å². The van der Waals surface area contributed by atoms with Crippen molar-refractivity contribution in [1.29, 1.82) is 0 Å². The molecule has 10 nitrogen and oxygen atoms in total. The van der Waals surface area contributed by atoms with Gasteiger partial charge in [0, 0.05) is 0 Å². The number of benzene rings is 5. The molecular formula is C58H71N3O7. The van der Waals surface area contributed by atoms with Crippen LogP contribution < -0.4 is 0 Å². The first-order valence-electron chi connectivity index (χ1n) is 25.0. The van der Waals surface area contributed by atoms with Crippen LogP contribution in [0.25, 0.3) is 11.0 Å². The van der Waals surface area contributed by atoms with Crippen LogP contribution in [-0.4, -0.2) is 66.4 Å². The first-order valence-corrected chi connectivity index (χ1v) is 25.0. The van der Waals surface area contributed by atoms with Crippen LogP contribution in [0.5, 0.6) is 0 Å². The largest absolute Gasteiger partial charge is 0.468 e. The van der Waals surface area contributed by atoms with Crippen molar-refractivity contribution in [3.05, 3.63) is 174 Å². The van der Waals surface area contributed by atoms with Crippen LogP contribution in [0.2, 0.25) is 0 Å². The summed E-state index contributed by atoms with van der Waals surface area (Å²) in [5.74, 6) is -0.296. The molecule has 360 valence electrons. The lowest BCUT2D eigenvalue weighted by Gasteiger charge is -2.38. The minimum absolute atomic E-state index is 0.0140. The standard InChI is InChI=1S/C58H71N3O7/c1-63-58(62)54(57-59-51-36-22-23-37-52(51)60-61-57)49-32-18-4-2-3-5-19-34-50(35-21-20-33-49)55(66-39-38-64-40-45-24-10-6-11-25-45)56(68-43-48-30-16-9-17-31-48)53(67-42-47-28-14-8-15-29-47)44-65-41-46-26-12-7-13-27-46/h6-17,22-31,36-37,49-50,53-56H,2-5,18-21,32-35,38-44H2,1H3. The molecule has 0 saturated heterocycles. The normalized spacial score (nSPS) is 18.2. The Kier molecular flexibility index (Phi) is 21.4. The molecule has 6 atom stereocenters. The van der Waals surface area contributed by atoms with Gasteiger partial charge in [-0.25, -0.2) is 4.98 Å². The Hall–Kier alpha value is -5.36. The summed E-state index contributed by atoms with van der Waals surface area (Å²) < 4.78 is 39.5. The summed E-state index contributed by atoms with van der Waals surface area (Å²) in [6, 6.07) is 48.9. The summed E-state index contributed by atoms with van der Waals surface area (Å²) in [7, 11) is 1.46. The number of hydrogen-bond donors (Lipinski definition) is 0. The van der Waals surface area contributed by atoms with Crippen LogP contribution in [-0.2, 0) is 59.6 Å². The lowest BCUT2D eigenvalue weighted by Crippen LogP contribution is -2.48. The Labute approximate surface area is 404 Å². The van der Waals surface area contributed by atoms with Gasteiger partial charge in [0.15, 0.2) is 5.82 Å². The van der Waals surface area contributed by atoms with E-state index in [4.69, 9.17) is 33.4 Å². The number of ether oxygens (including phenoxy) is 6. The van der Waals surface area contributed by atoms with E-state index in [0.29, 0.717) is 57.6 Å². The van der Waals surface area contributed by atoms with E-state index in [1.54, 1.807) is 0 Å². The van der Waals surface area contributed by atoms with Crippen molar-refractivity contribution in [2.75, 3.05) is 26.9 Å². The van der Waals surface area contributed by atoms with Gasteiger partial charge in [-0.15, -0.1) is 10.2 Å². The van der Waals surface area contributed by atoms with Gasteiger partial charge in [0.05, 0.1) is 65.0 Å². The van der Waals surface area contributed by atoms with E-state index in [1.807, 2.05) is 84.9 Å². The van der Waals surface area contributed by atoms with Crippen molar-refractivity contribution < 1.29 is 33.2 Å². The third-order valence-corrected chi connectivity index (χ3v) is 13.2. The second-order valence-corrected chi connectivity index (χ2v) is 18.1. The second-order valence-electron chi connectivity index (χ2n) is 18.1. The maximum absolute atomic E-state index is 13.7. The average molecular weight is 922 g/mol. The Morgan fingerprint density at radius 2 is 0.971 bits per heavy atom. The molecule has 1 saturated carbocycles. The maximum atomic E-state index is 13.7. The molecule has 0 radical (unpaired) electrons. The van der Waals surface area contributed by atoms with Gasteiger partial charge >= 0.3 is 5.97 Å². The zero-order valence-electron chi connectivity index (χ0n) is 40.0. The van der Waals surface area contributed by atoms with Gasteiger partial charge in [-0.3, -0.25) is 4.79 Å². The minimum Gasteiger partial charge on any atom is -0.468 e. The molecule has 1 aliphatic rings. The fourth-order valence-corrected chi connectivity index (χ4v) is 9.51. The van der Waals surface area contributed by atoms with E-state index < -0.39 is 18.1 Å². The highest BCUT2D eigenvalue weighted by Crippen LogP contribution is 2.36. The van der Waals surface area contributed by atoms with Gasteiger partial charge in [0.25, 0.3) is 0 Å². The first-order chi connectivity index (χ1) is 33.6. The third-order valence-electron chi connectivity index (χ3n) is 13.2. The number of esters is 1. The molecule has 0 aliphatic heterocycles. The highest BCUT2D eigenvalue weighted by molar-refractivity contribution is 5.79. The fourth-order valence-electron chi connectivity index (χ4n) is 9.51. The molecule has 5 aromatic carbocycles. The molecule has 0 bridgehead atoms. The number of para-hydroxylation sites is 1. The SMILES string of the molecule is COC(=O)C(c1nnc2ccccc2n1)C1CCCCCCCCC(C(OCCOCc2ccccc2)C(OCc2ccccc2)C(COCc2ccccc2)OCc2ccccc2)CCCC1. The fraction of sp³-hybridized carbons (Fsp3) is 0.448. The lowest BCUT2D eigenvalue weighted by molar-refractivity contribution is -0.182. The smallest absolute Gasteiger partial charge is 0.316 e. The molecule has 1 fully saturated rings. The van der Waals surface area contributed by atoms with Crippen LogP contribution in [0.4, 0.5) is 0 Å². The highest BCUT2D eigenvalue weighted by atomic mass is 16.6. The van der Waals surface area contributed by atoms with Crippen LogP contribution >= 0.6 is 0 Å². The summed E-state index contributed by atoms with van der Waals surface area (Å²) >= 11 is 0. The predicted octanol–water partition coefficient (Wildman–Crippen LogP) is 12.2. The van der Waals surface area contributed by atoms with E-state index in [2.05, 4.69) is 70.9 Å². The number of rotatable bonds is 22. The Bertz CT molecular complexity index is 2290. The molecule has 68 heavy (non-hydrogen) atoms. The molecule has 7 rings (SSSR count). The van der Waals surface area contributed by atoms with Gasteiger partial charge in [-0.2, -0.15) is 0 Å². The average Bonchev–Trinajstić information content (AvgIpc) is 3.39. The van der Waals surface area contributed by atoms with Gasteiger partial charge in [0.1, 0.15) is 23.6 Å². The molecule has 0 amide bonds. The molecule has 6 aromatic rings. The predicted molar refractivity (Wildman–Crippen MR) is 266 cm³/mol. The molecule has 6 unspecified atom stereocenters. The monoisotopic (exact) mass is 922 g/mol. The molecular weight excluding hydrogens is 851 g/mol. The quantitative estimate of drug-likeness (QED) is 0.0482. The number of methoxy groups -OCH3 is 1. The van der Waals surface area contributed by atoms with Crippen molar-refractivity contribution in [1.82, 2.24) is 15.2 Å². The summed E-state index contributed by atoms with van der Waals surface area (Å²) in [5, 5.41) is 9.00. The van der Waals surface area contributed by atoms with Crippen LogP contribution in [0, 0.1) is 11.8 Å². The zero-order chi connectivity index (χ0) is 46.9. The van der Waals surface area contributed by atoms with E-state index in [-0.39, 0.29) is 23.9 Å². The summed E-state index contributed by atoms with van der Waals surface area (Å²) in [6.45, 7) is 2.92. The van der Waals surface area contributed by atoms with E-state index in [0.717, 1.165) is 105 Å². The van der Waals surface area contributed by atoms with Crippen molar-refractivity contribution in [3.8, 4) is 0 Å². The molecule has 0 spiro atoms. The van der Waals surface area contributed by atoms with E-state index in [9.17, 15) is 4.79 Å². The van der Waals surface area contributed by atoms with E-state index in [1.165, 1.54) is 7.11 Å². The van der Waals surface area contributed by atoms with Crippen LogP contribution in [0.3, 0.4) is 0 Å². The van der Waals surface area contributed by atoms with Gasteiger partial charge in [0.2, 0.25) is 0 Å². The third kappa shape index (κ3) is 16.4. The Balaban J connectivity index is 1.17. The van der Waals surface area contributed by atoms with Gasteiger partial charge in [-0.05, 0) is 71.9 Å². The molecule has 1 heterocycles. The van der Waals surface area contributed by atoms with Gasteiger partial charge in [-0.1, -0.05) is 185 Å². The Morgan fingerprint density at radius 3 is 1.54 bits per heavy atom. The molecule has 1 aliphatic carbocycles. The summed E-state index contributed by atoms with van der Waals surface area (Å²) in [6.07, 6.45) is 10.9. The molecule has 10 heteroatoms. The maximum Gasteiger partial charge on any atom is 0.316 e. The summed E-state index contributed by atoms with van der Waals surface area (Å²) in [5.41, 5.74) is 5.82. The number of nitrogens with zero attached hydrogens (tertiary/aromatic N) is 3. The zero-order valence-corrected chi connectivity index (χ0v) is 40.0. The van der Waals surface area contributed by atoms with Crippen molar-refractivity contribution in [3.63, 3.8) is 0 Å². The molecule has 1 aromatic heterocycles. The van der Waals surface area contributed by atoms with Crippen LogP contribution in [0.1, 0.15) is 111 Å². The van der Waals surface area contributed by atoms with Crippen molar-refractivity contribution in [2.24, 2.45) is 11.8 Å². The van der Waals surface area contributed by atoms with Gasteiger partial charge < -0.3 is 28.4 Å². The Morgan fingerprint density at radius 1 is 0.500 bits per heavy atom. The minimum atomic E-state index is -0.595. The molecule has 0 N–H and O–H groups in total. The topological polar surface area (TPSA) is 111 Å². The summed E-state index contributed by atoms with van der Waals surface area (Å²) in [4.78, 5) is 18.6. The number of aromatic nitrogens is 3. The number of carbonyl (C=O) groups excluding carboxylic acids is 1. The number of hydrogen-bond acceptors (Lipinski definition) is 10. The number of fused-ring (bicyclic) bond motifs is 1.